The Morgan fingerprint density at radius 3 is 2.97 bits per heavy atom. The monoisotopic (exact) mass is 413 g/mol. The molecule has 0 saturated heterocycles. The van der Waals surface area contributed by atoms with Crippen LogP contribution in [0.25, 0.3) is 21.7 Å². The number of aromatic nitrogens is 3. The Balaban J connectivity index is 1.36. The van der Waals surface area contributed by atoms with E-state index in [4.69, 9.17) is 4.42 Å². The van der Waals surface area contributed by atoms with Crippen molar-refractivity contribution in [2.45, 2.75) is 19.4 Å². The smallest absolute Gasteiger partial charge is 0.407 e. The van der Waals surface area contributed by atoms with Gasteiger partial charge in [-0.3, -0.25) is 24.6 Å². The number of aryl methyl sites for hydroxylation is 1. The van der Waals surface area contributed by atoms with Gasteiger partial charge in [0, 0.05) is 25.1 Å². The number of nitro groups is 1. The summed E-state index contributed by atoms with van der Waals surface area (Å²) in [6, 6.07) is 9.62. The quantitative estimate of drug-likeness (QED) is 0.352. The Labute approximate surface area is 166 Å². The zero-order valence-electron chi connectivity index (χ0n) is 15.0. The maximum atomic E-state index is 12.2. The number of benzene rings is 1. The van der Waals surface area contributed by atoms with Crippen molar-refractivity contribution in [3.05, 3.63) is 62.4 Å². The molecule has 0 fully saturated rings. The van der Waals surface area contributed by atoms with E-state index in [0.29, 0.717) is 17.8 Å². The van der Waals surface area contributed by atoms with Crippen molar-refractivity contribution in [1.29, 1.82) is 0 Å². The number of hydrogen-bond acceptors (Lipinski definition) is 7. The molecule has 0 radical (unpaired) electrons. The van der Waals surface area contributed by atoms with E-state index < -0.39 is 10.7 Å². The Bertz CT molecular complexity index is 1240. The van der Waals surface area contributed by atoms with E-state index in [1.165, 1.54) is 22.8 Å². The van der Waals surface area contributed by atoms with E-state index in [9.17, 15) is 19.7 Å². The zero-order valence-corrected chi connectivity index (χ0v) is 15.8. The minimum absolute atomic E-state index is 0.145. The molecule has 2 N–H and O–H groups in total. The Kier molecular flexibility index (Phi) is 4.96. The molecule has 0 unspecified atom stereocenters. The zero-order chi connectivity index (χ0) is 20.4. The van der Waals surface area contributed by atoms with Crippen LogP contribution in [0, 0.1) is 10.1 Å². The molecule has 10 nitrogen and oxygen atoms in total. The number of H-pyrrole nitrogens is 1. The number of amides is 1. The average Bonchev–Trinajstić information content (AvgIpc) is 3.41. The van der Waals surface area contributed by atoms with Gasteiger partial charge in [0.1, 0.15) is 0 Å². The number of carbonyl (C=O) groups excluding carboxylic acids is 1. The van der Waals surface area contributed by atoms with Crippen molar-refractivity contribution in [2.24, 2.45) is 0 Å². The maximum Gasteiger partial charge on any atom is 0.419 e. The first kappa shape index (κ1) is 18.6. The SMILES string of the molecule is O=C(CCCn1c(=O)oc2cc([N+](=O)[O-])ccc21)Nc1cc(-c2cccs2)[nH]n1. The van der Waals surface area contributed by atoms with Gasteiger partial charge in [-0.2, -0.15) is 5.10 Å². The van der Waals surface area contributed by atoms with Gasteiger partial charge in [-0.15, -0.1) is 11.3 Å². The molecule has 0 aliphatic carbocycles. The number of non-ortho nitro benzene ring substituents is 1. The van der Waals surface area contributed by atoms with Crippen LogP contribution in [0.15, 0.2) is 51.0 Å². The lowest BCUT2D eigenvalue weighted by atomic mass is 10.2. The molecule has 1 amide bonds. The minimum Gasteiger partial charge on any atom is -0.407 e. The fourth-order valence-electron chi connectivity index (χ4n) is 2.93. The van der Waals surface area contributed by atoms with Gasteiger partial charge in [-0.1, -0.05) is 6.07 Å². The summed E-state index contributed by atoms with van der Waals surface area (Å²) >= 11 is 1.56. The summed E-state index contributed by atoms with van der Waals surface area (Å²) in [5, 5.41) is 22.4. The molecule has 0 saturated carbocycles. The second-order valence-corrected chi connectivity index (χ2v) is 7.17. The van der Waals surface area contributed by atoms with Crippen LogP contribution in [-0.4, -0.2) is 25.6 Å². The van der Waals surface area contributed by atoms with E-state index in [0.717, 1.165) is 10.6 Å². The van der Waals surface area contributed by atoms with Crippen molar-refractivity contribution < 1.29 is 14.1 Å². The lowest BCUT2D eigenvalue weighted by molar-refractivity contribution is -0.384. The second-order valence-electron chi connectivity index (χ2n) is 6.22. The molecule has 3 heterocycles. The number of nitrogens with zero attached hydrogens (tertiary/aromatic N) is 3. The molecule has 4 aromatic rings. The van der Waals surface area contributed by atoms with Crippen LogP contribution < -0.4 is 11.1 Å². The number of anilines is 1. The van der Waals surface area contributed by atoms with Crippen LogP contribution in [0.2, 0.25) is 0 Å². The van der Waals surface area contributed by atoms with Crippen molar-refractivity contribution in [1.82, 2.24) is 14.8 Å². The molecular weight excluding hydrogens is 398 g/mol. The highest BCUT2D eigenvalue weighted by Crippen LogP contribution is 2.24. The topological polar surface area (TPSA) is 136 Å². The Morgan fingerprint density at radius 2 is 2.21 bits per heavy atom. The van der Waals surface area contributed by atoms with Gasteiger partial charge >= 0.3 is 5.76 Å². The van der Waals surface area contributed by atoms with Crippen LogP contribution in [0.5, 0.6) is 0 Å². The van der Waals surface area contributed by atoms with Gasteiger partial charge < -0.3 is 9.73 Å². The van der Waals surface area contributed by atoms with Crippen molar-refractivity contribution in [3.8, 4) is 10.6 Å². The number of rotatable bonds is 7. The molecule has 4 rings (SSSR count). The van der Waals surface area contributed by atoms with Crippen molar-refractivity contribution >= 4 is 39.8 Å². The highest BCUT2D eigenvalue weighted by molar-refractivity contribution is 7.13. The van der Waals surface area contributed by atoms with E-state index in [1.807, 2.05) is 17.5 Å². The van der Waals surface area contributed by atoms with Gasteiger partial charge in [-0.25, -0.2) is 4.79 Å². The summed E-state index contributed by atoms with van der Waals surface area (Å²) in [5.41, 5.74) is 1.26. The number of nitrogens with one attached hydrogen (secondary N) is 2. The minimum atomic E-state index is -0.617. The summed E-state index contributed by atoms with van der Waals surface area (Å²) in [4.78, 5) is 35.5. The lowest BCUT2D eigenvalue weighted by Gasteiger charge is -2.03. The summed E-state index contributed by atoms with van der Waals surface area (Å²) < 4.78 is 6.43. The van der Waals surface area contributed by atoms with Crippen molar-refractivity contribution in [3.63, 3.8) is 0 Å². The molecule has 0 bridgehead atoms. The third kappa shape index (κ3) is 3.94. The third-order valence-electron chi connectivity index (χ3n) is 4.28. The summed E-state index contributed by atoms with van der Waals surface area (Å²) in [6.45, 7) is 0.248. The summed E-state index contributed by atoms with van der Waals surface area (Å²) in [7, 11) is 0. The normalized spacial score (nSPS) is 11.0. The second kappa shape index (κ2) is 7.72. The molecule has 3 aromatic heterocycles. The highest BCUT2D eigenvalue weighted by Gasteiger charge is 2.14. The molecule has 29 heavy (non-hydrogen) atoms. The Hall–Kier alpha value is -3.73. The van der Waals surface area contributed by atoms with Gasteiger partial charge in [0.25, 0.3) is 5.69 Å². The molecule has 0 aliphatic heterocycles. The average molecular weight is 413 g/mol. The van der Waals surface area contributed by atoms with Crippen LogP contribution in [0.4, 0.5) is 11.5 Å². The molecule has 0 aliphatic rings. The Morgan fingerprint density at radius 1 is 1.34 bits per heavy atom. The fourth-order valence-corrected chi connectivity index (χ4v) is 3.62. The molecule has 11 heteroatoms. The lowest BCUT2D eigenvalue weighted by Crippen LogP contribution is -2.17. The summed E-state index contributed by atoms with van der Waals surface area (Å²) in [6.07, 6.45) is 0.562. The number of hydrogen-bond donors (Lipinski definition) is 2. The van der Waals surface area contributed by atoms with Crippen LogP contribution in [-0.2, 0) is 11.3 Å². The van der Waals surface area contributed by atoms with Crippen molar-refractivity contribution in [2.75, 3.05) is 5.32 Å². The van der Waals surface area contributed by atoms with E-state index in [1.54, 1.807) is 17.4 Å². The van der Waals surface area contributed by atoms with Crippen LogP contribution >= 0.6 is 11.3 Å². The predicted molar refractivity (Wildman–Crippen MR) is 107 cm³/mol. The number of fused-ring (bicyclic) bond motifs is 1. The molecule has 0 atom stereocenters. The highest BCUT2D eigenvalue weighted by atomic mass is 32.1. The molecule has 1 aromatic carbocycles. The number of oxazole rings is 1. The van der Waals surface area contributed by atoms with Gasteiger partial charge in [0.2, 0.25) is 5.91 Å². The van der Waals surface area contributed by atoms with Gasteiger partial charge in [0.15, 0.2) is 11.4 Å². The molecular formula is C18H15N5O5S. The molecule has 148 valence electrons. The first-order chi connectivity index (χ1) is 14.0. The van der Waals surface area contributed by atoms with Gasteiger partial charge in [-0.05, 0) is 23.9 Å². The first-order valence-electron chi connectivity index (χ1n) is 8.68. The number of nitro benzene ring substituents is 1. The van der Waals surface area contributed by atoms with E-state index >= 15 is 0 Å². The summed E-state index contributed by atoms with van der Waals surface area (Å²) in [5.74, 6) is -0.420. The molecule has 0 spiro atoms. The number of carbonyl (C=O) groups is 1. The van der Waals surface area contributed by atoms with E-state index in [-0.39, 0.29) is 30.1 Å². The largest absolute Gasteiger partial charge is 0.419 e. The third-order valence-corrected chi connectivity index (χ3v) is 5.18. The number of thiophene rings is 1. The van der Waals surface area contributed by atoms with Crippen LogP contribution in [0.1, 0.15) is 12.8 Å². The van der Waals surface area contributed by atoms with Gasteiger partial charge in [0.05, 0.1) is 27.1 Å². The standard InChI is InChI=1S/C18H15N5O5S/c24-17(19-16-10-12(20-21-16)15-3-2-8-29-15)4-1-7-22-13-6-5-11(23(26)27)9-14(13)28-18(22)25/h2-3,5-6,8-10H,1,4,7H2,(H2,19,20,21,24). The predicted octanol–water partition coefficient (Wildman–Crippen LogP) is 3.37. The number of aromatic amines is 1. The fraction of sp³-hybridized carbons (Fsp3) is 0.167. The van der Waals surface area contributed by atoms with E-state index in [2.05, 4.69) is 15.5 Å². The van der Waals surface area contributed by atoms with Crippen LogP contribution in [0.3, 0.4) is 0 Å². The maximum absolute atomic E-state index is 12.2. The first-order valence-corrected chi connectivity index (χ1v) is 9.56.